The first-order valence-corrected chi connectivity index (χ1v) is 6.67. The molecule has 0 bridgehead atoms. The van der Waals surface area contributed by atoms with Crippen molar-refractivity contribution >= 4 is 5.78 Å². The Hall–Kier alpha value is -3.53. The summed E-state index contributed by atoms with van der Waals surface area (Å²) >= 11 is 0. The molecule has 1 rings (SSSR count). The van der Waals surface area contributed by atoms with Crippen LogP contribution >= 0.6 is 0 Å². The van der Waals surface area contributed by atoms with Gasteiger partial charge in [0, 0.05) is 11.8 Å². The average molecular weight is 384 g/mol. The summed E-state index contributed by atoms with van der Waals surface area (Å²) in [6.07, 6.45) is -0.681. The standard InChI is InChI=1S/C9H12N4O13/c14-7-1-2-8(3-23-10(15)16,4-24-11(17)18)9(7,5-25-12(19)20)6-26-13(21)22/h1-6H2. The van der Waals surface area contributed by atoms with E-state index < -0.39 is 63.4 Å². The Kier molecular flexibility index (Phi) is 6.34. The van der Waals surface area contributed by atoms with Crippen LogP contribution in [0.15, 0.2) is 0 Å². The number of hydrogen-bond acceptors (Lipinski definition) is 13. The second-order valence-electron chi connectivity index (χ2n) is 5.27. The van der Waals surface area contributed by atoms with E-state index in [4.69, 9.17) is 0 Å². The molecule has 0 unspecified atom stereocenters. The van der Waals surface area contributed by atoms with Gasteiger partial charge < -0.3 is 19.4 Å². The Labute approximate surface area is 142 Å². The minimum Gasteiger partial charge on any atom is -0.313 e. The molecule has 1 aliphatic rings. The predicted molar refractivity (Wildman–Crippen MR) is 70.9 cm³/mol. The molecule has 1 aliphatic carbocycles. The van der Waals surface area contributed by atoms with Gasteiger partial charge in [0.15, 0.2) is 0 Å². The average Bonchev–Trinajstić information content (AvgIpc) is 2.80. The molecule has 1 fully saturated rings. The van der Waals surface area contributed by atoms with Crippen molar-refractivity contribution in [3.05, 3.63) is 40.5 Å². The molecule has 146 valence electrons. The topological polar surface area (TPSA) is 227 Å². The van der Waals surface area contributed by atoms with Crippen LogP contribution in [0.4, 0.5) is 0 Å². The van der Waals surface area contributed by atoms with Crippen LogP contribution in [-0.2, 0) is 24.1 Å². The van der Waals surface area contributed by atoms with Crippen molar-refractivity contribution in [3.63, 3.8) is 0 Å². The van der Waals surface area contributed by atoms with Crippen LogP contribution in [-0.4, -0.2) is 52.6 Å². The highest BCUT2D eigenvalue weighted by molar-refractivity contribution is 5.88. The maximum absolute atomic E-state index is 12.4. The zero-order chi connectivity index (χ0) is 20.0. The quantitative estimate of drug-likeness (QED) is 0.295. The van der Waals surface area contributed by atoms with Gasteiger partial charge in [0.2, 0.25) is 0 Å². The summed E-state index contributed by atoms with van der Waals surface area (Å²) in [7, 11) is 0. The summed E-state index contributed by atoms with van der Waals surface area (Å²) in [5, 5.41) is 36.9. The van der Waals surface area contributed by atoms with Crippen LogP contribution in [0.1, 0.15) is 12.8 Å². The van der Waals surface area contributed by atoms with Crippen LogP contribution in [0.25, 0.3) is 0 Å². The van der Waals surface area contributed by atoms with E-state index in [0.29, 0.717) is 0 Å². The Morgan fingerprint density at radius 1 is 0.731 bits per heavy atom. The SMILES string of the molecule is O=C1CCC(CO[N+](=O)[O-])(CO[N+](=O)[O-])C1(CO[N+](=O)[O-])CO[N+](=O)[O-]. The zero-order valence-corrected chi connectivity index (χ0v) is 12.8. The lowest BCUT2D eigenvalue weighted by atomic mass is 9.66. The third kappa shape index (κ3) is 4.51. The lowest BCUT2D eigenvalue weighted by Crippen LogP contribution is -2.54. The molecule has 17 nitrogen and oxygen atoms in total. The monoisotopic (exact) mass is 384 g/mol. The highest BCUT2D eigenvalue weighted by Gasteiger charge is 2.62. The highest BCUT2D eigenvalue weighted by Crippen LogP contribution is 2.52. The van der Waals surface area contributed by atoms with E-state index in [-0.39, 0.29) is 12.8 Å². The van der Waals surface area contributed by atoms with Crippen LogP contribution in [0.2, 0.25) is 0 Å². The first kappa shape index (κ1) is 20.5. The first-order valence-electron chi connectivity index (χ1n) is 6.67. The third-order valence-electron chi connectivity index (χ3n) is 4.10. The summed E-state index contributed by atoms with van der Waals surface area (Å²) in [5.74, 6) is -0.847. The van der Waals surface area contributed by atoms with Gasteiger partial charge in [0.1, 0.15) is 32.2 Å². The van der Waals surface area contributed by atoms with Gasteiger partial charge in [-0.05, 0) is 6.42 Å². The van der Waals surface area contributed by atoms with Crippen molar-refractivity contribution in [2.24, 2.45) is 10.8 Å². The van der Waals surface area contributed by atoms with Gasteiger partial charge >= 0.3 is 0 Å². The summed E-state index contributed by atoms with van der Waals surface area (Å²) in [6.45, 7) is -4.15. The molecule has 0 amide bonds. The van der Waals surface area contributed by atoms with Crippen molar-refractivity contribution in [1.82, 2.24) is 0 Å². The van der Waals surface area contributed by atoms with Gasteiger partial charge in [-0.2, -0.15) is 0 Å². The van der Waals surface area contributed by atoms with E-state index in [9.17, 15) is 45.3 Å². The molecule has 0 aromatic rings. The van der Waals surface area contributed by atoms with E-state index in [1.165, 1.54) is 0 Å². The van der Waals surface area contributed by atoms with Crippen LogP contribution < -0.4 is 0 Å². The van der Waals surface area contributed by atoms with Crippen molar-refractivity contribution in [2.45, 2.75) is 12.8 Å². The molecule has 0 aliphatic heterocycles. The molecular formula is C9H12N4O13. The lowest BCUT2D eigenvalue weighted by Gasteiger charge is -2.41. The third-order valence-corrected chi connectivity index (χ3v) is 4.10. The molecule has 0 saturated heterocycles. The first-order chi connectivity index (χ1) is 12.0. The Morgan fingerprint density at radius 3 is 1.42 bits per heavy atom. The molecule has 17 heteroatoms. The number of Topliss-reactive ketones (excluding diaryl/α,β-unsaturated/α-hetero) is 1. The van der Waals surface area contributed by atoms with E-state index in [0.717, 1.165) is 0 Å². The Balaban J connectivity index is 3.32. The van der Waals surface area contributed by atoms with Crippen molar-refractivity contribution < 1.29 is 44.5 Å². The number of hydrogen-bond donors (Lipinski definition) is 0. The predicted octanol–water partition coefficient (Wildman–Crippen LogP) is -0.845. The number of carbonyl (C=O) groups excluding carboxylic acids is 1. The fourth-order valence-corrected chi connectivity index (χ4v) is 2.78. The second kappa shape index (κ2) is 8.03. The van der Waals surface area contributed by atoms with E-state index >= 15 is 0 Å². The Bertz CT molecular complexity index is 570. The van der Waals surface area contributed by atoms with Gasteiger partial charge in [-0.25, -0.2) is 0 Å². The van der Waals surface area contributed by atoms with Gasteiger partial charge in [0.25, 0.3) is 20.3 Å². The van der Waals surface area contributed by atoms with Crippen LogP contribution in [0.3, 0.4) is 0 Å². The number of ketones is 1. The number of rotatable bonds is 12. The molecule has 0 heterocycles. The number of nitrogens with zero attached hydrogens (tertiary/aromatic N) is 4. The molecule has 26 heavy (non-hydrogen) atoms. The molecule has 0 atom stereocenters. The second-order valence-corrected chi connectivity index (χ2v) is 5.27. The maximum atomic E-state index is 12.4. The Morgan fingerprint density at radius 2 is 1.08 bits per heavy atom. The van der Waals surface area contributed by atoms with Crippen molar-refractivity contribution in [2.75, 3.05) is 26.4 Å². The fraction of sp³-hybridized carbons (Fsp3) is 0.889. The zero-order valence-electron chi connectivity index (χ0n) is 12.8. The van der Waals surface area contributed by atoms with E-state index in [1.54, 1.807) is 0 Å². The number of carbonyl (C=O) groups is 1. The minimum atomic E-state index is -2.22. The van der Waals surface area contributed by atoms with Crippen molar-refractivity contribution in [1.29, 1.82) is 0 Å². The summed E-state index contributed by atoms with van der Waals surface area (Å²) in [4.78, 5) is 71.1. The van der Waals surface area contributed by atoms with Gasteiger partial charge in [-0.3, -0.25) is 4.79 Å². The van der Waals surface area contributed by atoms with Crippen LogP contribution in [0, 0.1) is 51.3 Å². The largest absolute Gasteiger partial charge is 0.313 e. The summed E-state index contributed by atoms with van der Waals surface area (Å²) < 4.78 is 0. The van der Waals surface area contributed by atoms with E-state index in [1.807, 2.05) is 0 Å². The van der Waals surface area contributed by atoms with E-state index in [2.05, 4.69) is 19.4 Å². The van der Waals surface area contributed by atoms with Crippen molar-refractivity contribution in [3.8, 4) is 0 Å². The smallest absolute Gasteiger partial charge is 0.294 e. The van der Waals surface area contributed by atoms with Gasteiger partial charge in [0.05, 0.1) is 5.41 Å². The summed E-state index contributed by atoms with van der Waals surface area (Å²) in [5.41, 5.74) is -4.14. The molecule has 0 aromatic heterocycles. The van der Waals surface area contributed by atoms with Gasteiger partial charge in [-0.15, -0.1) is 40.5 Å². The normalized spacial score (nSPS) is 17.2. The molecule has 0 N–H and O–H groups in total. The molecule has 0 spiro atoms. The van der Waals surface area contributed by atoms with Crippen LogP contribution in [0.5, 0.6) is 0 Å². The highest BCUT2D eigenvalue weighted by atomic mass is 17.0. The molecule has 0 aromatic carbocycles. The fourth-order valence-electron chi connectivity index (χ4n) is 2.78. The minimum absolute atomic E-state index is 0.310. The summed E-state index contributed by atoms with van der Waals surface area (Å²) in [6, 6.07) is 0. The van der Waals surface area contributed by atoms with Gasteiger partial charge in [-0.1, -0.05) is 0 Å². The molecule has 0 radical (unpaired) electrons. The molecular weight excluding hydrogens is 372 g/mol. The lowest BCUT2D eigenvalue weighted by molar-refractivity contribution is -0.781. The molecule has 1 saturated carbocycles. The maximum Gasteiger partial charge on any atom is 0.294 e.